The van der Waals surface area contributed by atoms with Gasteiger partial charge < -0.3 is 0 Å². The van der Waals surface area contributed by atoms with E-state index >= 15 is 0 Å². The zero-order chi connectivity index (χ0) is 20.1. The van der Waals surface area contributed by atoms with Gasteiger partial charge in [0.1, 0.15) is 0 Å². The number of rotatable bonds is 1. The first kappa shape index (κ1) is 18.5. The molecule has 4 aromatic heterocycles. The average molecular weight is 372 g/mol. The minimum Gasteiger partial charge on any atom is -0.262 e. The van der Waals surface area contributed by atoms with Gasteiger partial charge in [-0.1, -0.05) is 41.5 Å². The van der Waals surface area contributed by atoms with Gasteiger partial charge in [0.05, 0.1) is 28.8 Å². The van der Waals surface area contributed by atoms with E-state index in [0.717, 1.165) is 27.5 Å². The number of hydrogen-bond acceptors (Lipinski definition) is 3. The quantitative estimate of drug-likeness (QED) is 0.440. The third-order valence-electron chi connectivity index (χ3n) is 5.19. The summed E-state index contributed by atoms with van der Waals surface area (Å²) in [7, 11) is 0. The molecule has 0 unspecified atom stereocenters. The maximum Gasteiger partial charge on any atom is 0.229 e. The van der Waals surface area contributed by atoms with Crippen LogP contribution in [0, 0.1) is 0 Å². The highest BCUT2D eigenvalue weighted by molar-refractivity contribution is 5.83. The molecule has 0 bridgehead atoms. The highest BCUT2D eigenvalue weighted by Crippen LogP contribution is 2.29. The SMILES string of the molecule is CC(C)(C)c1cnc2cc[n+](-c3cnc4cncc(C(C)(C)C)c4c3)cc2c1. The van der Waals surface area contributed by atoms with Gasteiger partial charge in [0.2, 0.25) is 5.69 Å². The smallest absolute Gasteiger partial charge is 0.229 e. The maximum absolute atomic E-state index is 4.67. The van der Waals surface area contributed by atoms with E-state index in [0.29, 0.717) is 0 Å². The highest BCUT2D eigenvalue weighted by Gasteiger charge is 2.20. The van der Waals surface area contributed by atoms with Gasteiger partial charge in [-0.05, 0) is 28.0 Å². The molecule has 142 valence electrons. The van der Waals surface area contributed by atoms with Crippen LogP contribution in [0.2, 0.25) is 0 Å². The lowest BCUT2D eigenvalue weighted by molar-refractivity contribution is -0.594. The predicted molar refractivity (Wildman–Crippen MR) is 114 cm³/mol. The Kier molecular flexibility index (Phi) is 4.18. The van der Waals surface area contributed by atoms with Crippen LogP contribution < -0.4 is 4.57 Å². The molecule has 0 saturated carbocycles. The second-order valence-electron chi connectivity index (χ2n) is 9.50. The van der Waals surface area contributed by atoms with Crippen LogP contribution in [0.3, 0.4) is 0 Å². The minimum atomic E-state index is 0.00634. The summed E-state index contributed by atoms with van der Waals surface area (Å²) >= 11 is 0. The fourth-order valence-corrected chi connectivity index (χ4v) is 3.42. The summed E-state index contributed by atoms with van der Waals surface area (Å²) < 4.78 is 2.12. The van der Waals surface area contributed by atoms with Crippen molar-refractivity contribution in [2.45, 2.75) is 52.4 Å². The fraction of sp³-hybridized carbons (Fsp3) is 0.333. The molecule has 4 nitrogen and oxygen atoms in total. The minimum absolute atomic E-state index is 0.00634. The molecule has 4 rings (SSSR count). The van der Waals surface area contributed by atoms with Crippen molar-refractivity contribution in [1.82, 2.24) is 15.0 Å². The van der Waals surface area contributed by atoms with E-state index in [1.54, 1.807) is 0 Å². The van der Waals surface area contributed by atoms with Crippen molar-refractivity contribution in [3.8, 4) is 5.69 Å². The lowest BCUT2D eigenvalue weighted by Gasteiger charge is -2.20. The maximum atomic E-state index is 4.67. The first-order chi connectivity index (χ1) is 13.1. The normalized spacial score (nSPS) is 12.6. The fourth-order valence-electron chi connectivity index (χ4n) is 3.42. The zero-order valence-electron chi connectivity index (χ0n) is 17.5. The number of nitrogens with zero attached hydrogens (tertiary/aromatic N) is 4. The Bertz CT molecular complexity index is 1180. The summed E-state index contributed by atoms with van der Waals surface area (Å²) in [5.74, 6) is 0. The molecule has 0 fully saturated rings. The van der Waals surface area contributed by atoms with Crippen LogP contribution in [-0.4, -0.2) is 15.0 Å². The van der Waals surface area contributed by atoms with E-state index in [1.165, 1.54) is 11.1 Å². The third kappa shape index (κ3) is 3.35. The first-order valence-electron chi connectivity index (χ1n) is 9.69. The molecule has 0 atom stereocenters. The Morgan fingerprint density at radius 1 is 0.786 bits per heavy atom. The van der Waals surface area contributed by atoms with Crippen LogP contribution in [0.25, 0.3) is 27.5 Å². The van der Waals surface area contributed by atoms with Gasteiger partial charge in [0.15, 0.2) is 12.4 Å². The van der Waals surface area contributed by atoms with Crippen LogP contribution in [0.1, 0.15) is 52.7 Å². The molecule has 0 spiro atoms. The highest BCUT2D eigenvalue weighted by atomic mass is 15.0. The van der Waals surface area contributed by atoms with Gasteiger partial charge in [0, 0.05) is 29.9 Å². The van der Waals surface area contributed by atoms with E-state index in [1.807, 2.05) is 31.0 Å². The molecule has 0 saturated heterocycles. The molecule has 0 aromatic carbocycles. The van der Waals surface area contributed by atoms with E-state index in [4.69, 9.17) is 0 Å². The van der Waals surface area contributed by atoms with Crippen molar-refractivity contribution in [1.29, 1.82) is 0 Å². The van der Waals surface area contributed by atoms with Crippen molar-refractivity contribution < 1.29 is 4.57 Å². The number of pyridine rings is 4. The first-order valence-corrected chi connectivity index (χ1v) is 9.69. The van der Waals surface area contributed by atoms with Crippen molar-refractivity contribution in [3.05, 3.63) is 66.5 Å². The molecule has 4 heterocycles. The van der Waals surface area contributed by atoms with Gasteiger partial charge in [-0.25, -0.2) is 4.98 Å². The second kappa shape index (κ2) is 6.33. The van der Waals surface area contributed by atoms with E-state index in [-0.39, 0.29) is 10.8 Å². The molecular formula is C24H27N4+. The Morgan fingerprint density at radius 3 is 2.25 bits per heavy atom. The number of aromatic nitrogens is 4. The van der Waals surface area contributed by atoms with Crippen LogP contribution >= 0.6 is 0 Å². The lowest BCUT2D eigenvalue weighted by Crippen LogP contribution is -2.29. The van der Waals surface area contributed by atoms with Crippen molar-refractivity contribution >= 4 is 21.8 Å². The summed E-state index contributed by atoms with van der Waals surface area (Å²) in [5.41, 5.74) is 5.47. The van der Waals surface area contributed by atoms with E-state index in [2.05, 4.69) is 85.5 Å². The number of fused-ring (bicyclic) bond motifs is 2. The monoisotopic (exact) mass is 371 g/mol. The zero-order valence-corrected chi connectivity index (χ0v) is 17.5. The largest absolute Gasteiger partial charge is 0.262 e. The molecule has 0 aliphatic heterocycles. The van der Waals surface area contributed by atoms with Crippen molar-refractivity contribution in [2.75, 3.05) is 0 Å². The molecule has 0 amide bonds. The molecule has 0 aliphatic rings. The molecular weight excluding hydrogens is 344 g/mol. The van der Waals surface area contributed by atoms with E-state index < -0.39 is 0 Å². The molecule has 28 heavy (non-hydrogen) atoms. The van der Waals surface area contributed by atoms with Gasteiger partial charge in [-0.2, -0.15) is 4.57 Å². The van der Waals surface area contributed by atoms with Crippen LogP contribution in [0.4, 0.5) is 0 Å². The Labute approximate surface area is 166 Å². The summed E-state index contributed by atoms with van der Waals surface area (Å²) in [6.45, 7) is 13.3. The van der Waals surface area contributed by atoms with Gasteiger partial charge in [0.25, 0.3) is 0 Å². The van der Waals surface area contributed by atoms with Gasteiger partial charge in [-0.15, -0.1) is 0 Å². The van der Waals surface area contributed by atoms with Gasteiger partial charge in [-0.3, -0.25) is 9.97 Å². The summed E-state index contributed by atoms with van der Waals surface area (Å²) in [4.78, 5) is 13.7. The van der Waals surface area contributed by atoms with E-state index in [9.17, 15) is 0 Å². The molecule has 0 aliphatic carbocycles. The summed E-state index contributed by atoms with van der Waals surface area (Å²) in [6.07, 6.45) is 11.9. The Balaban J connectivity index is 1.88. The standard InChI is InChI=1S/C24H27N4/c1-23(2,3)17-9-16-15-28(8-7-21(16)26-11-17)18-10-19-20(24(4,5)6)13-25-14-22(19)27-12-18/h7-15H,1-6H3/q+1. The van der Waals surface area contributed by atoms with Crippen LogP contribution in [0.15, 0.2) is 55.4 Å². The average Bonchev–Trinajstić information content (AvgIpc) is 2.64. The second-order valence-corrected chi connectivity index (χ2v) is 9.50. The molecule has 4 heteroatoms. The molecule has 0 N–H and O–H groups in total. The van der Waals surface area contributed by atoms with Gasteiger partial charge >= 0.3 is 0 Å². The summed E-state index contributed by atoms with van der Waals surface area (Å²) in [5, 5.41) is 2.27. The van der Waals surface area contributed by atoms with Crippen LogP contribution in [-0.2, 0) is 10.8 Å². The molecule has 0 radical (unpaired) electrons. The Hall–Kier alpha value is -2.88. The van der Waals surface area contributed by atoms with Crippen molar-refractivity contribution in [3.63, 3.8) is 0 Å². The predicted octanol–water partition coefficient (Wildman–Crippen LogP) is 5.05. The third-order valence-corrected chi connectivity index (χ3v) is 5.19. The van der Waals surface area contributed by atoms with Crippen LogP contribution in [0.5, 0.6) is 0 Å². The molecule has 4 aromatic rings. The Morgan fingerprint density at radius 2 is 1.54 bits per heavy atom. The number of hydrogen-bond donors (Lipinski definition) is 0. The summed E-state index contributed by atoms with van der Waals surface area (Å²) in [6, 6.07) is 6.50. The van der Waals surface area contributed by atoms with Crippen molar-refractivity contribution in [2.24, 2.45) is 0 Å². The lowest BCUT2D eigenvalue weighted by atomic mass is 9.86. The topological polar surface area (TPSA) is 42.5 Å².